The van der Waals surface area contributed by atoms with Gasteiger partial charge in [0.2, 0.25) is 5.91 Å². The zero-order valence-corrected chi connectivity index (χ0v) is 20.0. The van der Waals surface area contributed by atoms with E-state index in [9.17, 15) is 14.4 Å². The summed E-state index contributed by atoms with van der Waals surface area (Å²) in [6.07, 6.45) is 3.84. The number of unbranched alkanes of at least 4 members (excludes halogenated alkanes) is 2. The summed E-state index contributed by atoms with van der Waals surface area (Å²) in [7, 11) is 0. The minimum absolute atomic E-state index is 0.259. The lowest BCUT2D eigenvalue weighted by molar-refractivity contribution is -0.131. The quantitative estimate of drug-likeness (QED) is 0.412. The standard InChI is InChI=1S/C26H34N4O4/c1-3-5-6-7-24(31)30-18-16-29(17-19-30)23-14-12-22(13-15-23)28-26(33)27-21-10-8-20(9-11-21)25(32)34-4-2/h8-15H,3-7,16-19H2,1-2H3,(H2,27,28,33). The smallest absolute Gasteiger partial charge is 0.338 e. The summed E-state index contributed by atoms with van der Waals surface area (Å²) in [5, 5.41) is 5.56. The first-order chi connectivity index (χ1) is 16.5. The molecule has 2 aromatic rings. The molecule has 2 N–H and O–H groups in total. The van der Waals surface area contributed by atoms with Gasteiger partial charge in [-0.2, -0.15) is 0 Å². The predicted molar refractivity (Wildman–Crippen MR) is 134 cm³/mol. The van der Waals surface area contributed by atoms with Crippen LogP contribution < -0.4 is 15.5 Å². The van der Waals surface area contributed by atoms with E-state index >= 15 is 0 Å². The molecular formula is C26H34N4O4. The summed E-state index contributed by atoms with van der Waals surface area (Å²) in [5.41, 5.74) is 2.75. The van der Waals surface area contributed by atoms with Crippen molar-refractivity contribution in [3.63, 3.8) is 0 Å². The molecule has 0 unspecified atom stereocenters. The van der Waals surface area contributed by atoms with Crippen molar-refractivity contribution >= 4 is 35.0 Å². The van der Waals surface area contributed by atoms with Gasteiger partial charge in [0.15, 0.2) is 0 Å². The third-order valence-electron chi connectivity index (χ3n) is 5.77. The first kappa shape index (κ1) is 25.1. The Kier molecular flexibility index (Phi) is 9.31. The zero-order valence-electron chi connectivity index (χ0n) is 20.0. The van der Waals surface area contributed by atoms with Crippen LogP contribution in [0.25, 0.3) is 0 Å². The van der Waals surface area contributed by atoms with Crippen LogP contribution in [0.2, 0.25) is 0 Å². The van der Waals surface area contributed by atoms with E-state index in [-0.39, 0.29) is 11.9 Å². The van der Waals surface area contributed by atoms with Gasteiger partial charge >= 0.3 is 12.0 Å². The Bertz CT molecular complexity index is 952. The molecule has 2 aromatic carbocycles. The molecule has 0 aliphatic carbocycles. The van der Waals surface area contributed by atoms with Gasteiger partial charge < -0.3 is 25.2 Å². The van der Waals surface area contributed by atoms with E-state index in [0.717, 1.165) is 51.1 Å². The summed E-state index contributed by atoms with van der Waals surface area (Å²) in [6.45, 7) is 7.29. The molecule has 34 heavy (non-hydrogen) atoms. The molecule has 0 saturated carbocycles. The Morgan fingerprint density at radius 2 is 1.41 bits per heavy atom. The highest BCUT2D eigenvalue weighted by Gasteiger charge is 2.20. The molecule has 8 heteroatoms. The number of anilines is 3. The Labute approximate surface area is 201 Å². The third-order valence-corrected chi connectivity index (χ3v) is 5.77. The highest BCUT2D eigenvalue weighted by atomic mass is 16.5. The number of hydrogen-bond acceptors (Lipinski definition) is 5. The van der Waals surface area contributed by atoms with Crippen molar-refractivity contribution in [3.8, 4) is 0 Å². The molecule has 1 fully saturated rings. The second-order valence-electron chi connectivity index (χ2n) is 8.25. The number of carbonyl (C=O) groups is 3. The molecule has 1 aliphatic heterocycles. The maximum Gasteiger partial charge on any atom is 0.338 e. The maximum atomic E-state index is 12.3. The van der Waals surface area contributed by atoms with E-state index in [1.54, 1.807) is 31.2 Å². The van der Waals surface area contributed by atoms with E-state index in [4.69, 9.17) is 4.74 Å². The van der Waals surface area contributed by atoms with Crippen molar-refractivity contribution in [1.82, 2.24) is 4.90 Å². The van der Waals surface area contributed by atoms with Crippen LogP contribution in [-0.4, -0.2) is 55.6 Å². The van der Waals surface area contributed by atoms with E-state index in [1.165, 1.54) is 0 Å². The Balaban J connectivity index is 1.45. The minimum atomic E-state index is -0.390. The summed E-state index contributed by atoms with van der Waals surface area (Å²) in [5.74, 6) is -0.132. The number of rotatable bonds is 9. The number of carbonyl (C=O) groups excluding carboxylic acids is 3. The van der Waals surface area contributed by atoms with Crippen LogP contribution in [0.15, 0.2) is 48.5 Å². The molecule has 3 amide bonds. The third kappa shape index (κ3) is 7.23. The molecule has 0 radical (unpaired) electrons. The van der Waals surface area contributed by atoms with E-state index in [1.807, 2.05) is 29.2 Å². The topological polar surface area (TPSA) is 91.0 Å². The first-order valence-electron chi connectivity index (χ1n) is 12.0. The number of nitrogens with one attached hydrogen (secondary N) is 2. The number of esters is 1. The van der Waals surface area contributed by atoms with Crippen LogP contribution in [-0.2, 0) is 9.53 Å². The van der Waals surface area contributed by atoms with E-state index in [2.05, 4.69) is 22.5 Å². The van der Waals surface area contributed by atoms with Gasteiger partial charge in [-0.3, -0.25) is 4.79 Å². The van der Waals surface area contributed by atoms with E-state index < -0.39 is 5.97 Å². The van der Waals surface area contributed by atoms with Crippen LogP contribution in [0.3, 0.4) is 0 Å². The van der Waals surface area contributed by atoms with Gasteiger partial charge in [0.05, 0.1) is 12.2 Å². The SMILES string of the molecule is CCCCCC(=O)N1CCN(c2ccc(NC(=O)Nc3ccc(C(=O)OCC)cc3)cc2)CC1. The van der Waals surface area contributed by atoms with E-state index in [0.29, 0.717) is 30.0 Å². The Morgan fingerprint density at radius 1 is 0.824 bits per heavy atom. The van der Waals surface area contributed by atoms with Crippen molar-refractivity contribution < 1.29 is 19.1 Å². The average Bonchev–Trinajstić information content (AvgIpc) is 2.85. The molecule has 1 saturated heterocycles. The highest BCUT2D eigenvalue weighted by molar-refractivity contribution is 6.00. The fraction of sp³-hybridized carbons (Fsp3) is 0.423. The molecule has 1 aliphatic rings. The van der Waals surface area contributed by atoms with Gasteiger partial charge in [-0.05, 0) is 61.9 Å². The zero-order chi connectivity index (χ0) is 24.3. The van der Waals surface area contributed by atoms with Crippen LogP contribution in [0.4, 0.5) is 21.9 Å². The van der Waals surface area contributed by atoms with Crippen molar-refractivity contribution in [1.29, 1.82) is 0 Å². The van der Waals surface area contributed by atoms with Crippen molar-refractivity contribution in [3.05, 3.63) is 54.1 Å². The lowest BCUT2D eigenvalue weighted by atomic mass is 10.1. The second kappa shape index (κ2) is 12.6. The lowest BCUT2D eigenvalue weighted by Crippen LogP contribution is -2.48. The summed E-state index contributed by atoms with van der Waals surface area (Å²) in [6, 6.07) is 13.8. The van der Waals surface area contributed by atoms with Gasteiger partial charge in [0.1, 0.15) is 0 Å². The van der Waals surface area contributed by atoms with Gasteiger partial charge in [-0.15, -0.1) is 0 Å². The molecular weight excluding hydrogens is 432 g/mol. The van der Waals surface area contributed by atoms with Crippen LogP contribution >= 0.6 is 0 Å². The summed E-state index contributed by atoms with van der Waals surface area (Å²) in [4.78, 5) is 40.6. The first-order valence-corrected chi connectivity index (χ1v) is 12.0. The normalized spacial score (nSPS) is 13.4. The van der Waals surface area contributed by atoms with Crippen molar-refractivity contribution in [2.75, 3.05) is 48.3 Å². The molecule has 0 atom stereocenters. The largest absolute Gasteiger partial charge is 0.462 e. The number of piperazine rings is 1. The number of ether oxygens (including phenoxy) is 1. The minimum Gasteiger partial charge on any atom is -0.462 e. The predicted octanol–water partition coefficient (Wildman–Crippen LogP) is 4.74. The number of amides is 3. The molecule has 0 aromatic heterocycles. The molecule has 182 valence electrons. The molecule has 0 bridgehead atoms. The lowest BCUT2D eigenvalue weighted by Gasteiger charge is -2.36. The number of urea groups is 1. The van der Waals surface area contributed by atoms with Crippen molar-refractivity contribution in [2.24, 2.45) is 0 Å². The number of nitrogens with zero attached hydrogens (tertiary/aromatic N) is 2. The molecule has 0 spiro atoms. The molecule has 8 nitrogen and oxygen atoms in total. The second-order valence-corrected chi connectivity index (χ2v) is 8.25. The van der Waals surface area contributed by atoms with Crippen LogP contribution in [0, 0.1) is 0 Å². The maximum absolute atomic E-state index is 12.3. The number of hydrogen-bond donors (Lipinski definition) is 2. The highest BCUT2D eigenvalue weighted by Crippen LogP contribution is 2.20. The fourth-order valence-electron chi connectivity index (χ4n) is 3.85. The Morgan fingerprint density at radius 3 is 1.97 bits per heavy atom. The van der Waals surface area contributed by atoms with Gasteiger partial charge in [0, 0.05) is 49.7 Å². The molecule has 3 rings (SSSR count). The van der Waals surface area contributed by atoms with Crippen LogP contribution in [0.5, 0.6) is 0 Å². The van der Waals surface area contributed by atoms with Gasteiger partial charge in [-0.25, -0.2) is 9.59 Å². The molecule has 1 heterocycles. The van der Waals surface area contributed by atoms with Gasteiger partial charge in [-0.1, -0.05) is 19.8 Å². The fourth-order valence-corrected chi connectivity index (χ4v) is 3.85. The summed E-state index contributed by atoms with van der Waals surface area (Å²) >= 11 is 0. The summed E-state index contributed by atoms with van der Waals surface area (Å²) < 4.78 is 4.96. The van der Waals surface area contributed by atoms with Crippen LogP contribution in [0.1, 0.15) is 49.9 Å². The van der Waals surface area contributed by atoms with Gasteiger partial charge in [0.25, 0.3) is 0 Å². The number of benzene rings is 2. The monoisotopic (exact) mass is 466 g/mol. The Hall–Kier alpha value is -3.55. The average molecular weight is 467 g/mol. The van der Waals surface area contributed by atoms with Crippen molar-refractivity contribution in [2.45, 2.75) is 39.5 Å².